The first-order valence-electron chi connectivity index (χ1n) is 43.1. The van der Waals surface area contributed by atoms with Gasteiger partial charge in [-0.1, -0.05) is 149 Å². The van der Waals surface area contributed by atoms with Crippen LogP contribution in [0.1, 0.15) is 278 Å². The van der Waals surface area contributed by atoms with Crippen LogP contribution in [0.2, 0.25) is 6.04 Å². The van der Waals surface area contributed by atoms with Gasteiger partial charge in [-0.2, -0.15) is 0 Å². The number of ketones is 5. The number of carboxylic acid groups (broad SMARTS) is 4. The molecule has 5 amide bonds. The van der Waals surface area contributed by atoms with Gasteiger partial charge in [0.1, 0.15) is 63.9 Å². The lowest BCUT2D eigenvalue weighted by Gasteiger charge is -2.23. The Labute approximate surface area is 696 Å². The lowest BCUT2D eigenvalue weighted by atomic mass is 9.80. The van der Waals surface area contributed by atoms with E-state index in [1.165, 1.54) is 6.92 Å². The number of rotatable bonds is 87. The fourth-order valence-corrected chi connectivity index (χ4v) is 13.6. The van der Waals surface area contributed by atoms with Gasteiger partial charge in [-0.25, -0.2) is 4.79 Å². The molecule has 117 heavy (non-hydrogen) atoms. The Morgan fingerprint density at radius 1 is 0.316 bits per heavy atom. The van der Waals surface area contributed by atoms with Gasteiger partial charge >= 0.3 is 23.9 Å². The van der Waals surface area contributed by atoms with E-state index in [9.17, 15) is 82.1 Å². The van der Waals surface area contributed by atoms with Crippen molar-refractivity contribution in [2.75, 3.05) is 132 Å². The minimum Gasteiger partial charge on any atom is -0.481 e. The molecule has 0 aromatic carbocycles. The number of hydrogen-bond donors (Lipinski definition) is 9. The molecule has 1 unspecified atom stereocenters. The lowest BCUT2D eigenvalue weighted by molar-refractivity contribution is -0.145. The van der Waals surface area contributed by atoms with Gasteiger partial charge in [-0.05, 0) is 71.1 Å². The van der Waals surface area contributed by atoms with E-state index in [0.717, 1.165) is 128 Å². The predicted octanol–water partition coefficient (Wildman–Crippen LogP) is 8.49. The quantitative estimate of drug-likeness (QED) is 0.0203. The van der Waals surface area contributed by atoms with Crippen molar-refractivity contribution < 1.29 is 130 Å². The molecule has 33 heteroatoms. The Bertz CT molecular complexity index is 2790. The zero-order valence-corrected chi connectivity index (χ0v) is 72.5. The summed E-state index contributed by atoms with van der Waals surface area (Å²) >= 11 is 0. The van der Waals surface area contributed by atoms with Crippen LogP contribution in [0.15, 0.2) is 0 Å². The summed E-state index contributed by atoms with van der Waals surface area (Å²) in [4.78, 5) is 184. The van der Waals surface area contributed by atoms with E-state index in [4.69, 9.17) is 48.1 Å². The molecular weight excluding hydrogens is 1540 g/mol. The Hall–Kier alpha value is -6.85. The van der Waals surface area contributed by atoms with Gasteiger partial charge in [0.15, 0.2) is 5.78 Å². The molecule has 0 spiro atoms. The second-order valence-electron chi connectivity index (χ2n) is 31.1. The Morgan fingerprint density at radius 2 is 0.726 bits per heavy atom. The van der Waals surface area contributed by atoms with Crippen LogP contribution in [0.5, 0.6) is 0 Å². The fourth-order valence-electron chi connectivity index (χ4n) is 12.4. The van der Waals surface area contributed by atoms with Crippen molar-refractivity contribution in [1.29, 1.82) is 0 Å². The van der Waals surface area contributed by atoms with Crippen LogP contribution < -0.4 is 26.6 Å². The van der Waals surface area contributed by atoms with E-state index in [1.807, 2.05) is 0 Å². The van der Waals surface area contributed by atoms with Crippen molar-refractivity contribution in [2.45, 2.75) is 290 Å². The van der Waals surface area contributed by atoms with E-state index < -0.39 is 86.8 Å². The molecule has 0 saturated heterocycles. The van der Waals surface area contributed by atoms with Crippen LogP contribution in [-0.2, 0) is 110 Å². The highest BCUT2D eigenvalue weighted by molar-refractivity contribution is 6.74. The zero-order chi connectivity index (χ0) is 86.8. The molecule has 0 heterocycles. The van der Waals surface area contributed by atoms with Crippen LogP contribution in [-0.4, -0.2) is 256 Å². The Balaban J connectivity index is 4.23. The minimum absolute atomic E-state index is 0.00116. The molecule has 0 bridgehead atoms. The molecule has 0 aliphatic rings. The summed E-state index contributed by atoms with van der Waals surface area (Å²) in [7, 11) is -1.15. The Kier molecular flexibility index (Phi) is 71.0. The molecule has 0 fully saturated rings. The van der Waals surface area contributed by atoms with Crippen LogP contribution in [0.3, 0.4) is 0 Å². The van der Waals surface area contributed by atoms with Crippen LogP contribution in [0.4, 0.5) is 0 Å². The van der Waals surface area contributed by atoms with Crippen molar-refractivity contribution in [3.63, 3.8) is 0 Å². The summed E-state index contributed by atoms with van der Waals surface area (Å²) < 4.78 is 43.5. The maximum atomic E-state index is 13.8. The molecule has 0 radical (unpaired) electrons. The maximum Gasteiger partial charge on any atom is 0.326 e. The number of nitrogens with one attached hydrogen (secondary N) is 5. The second-order valence-corrected chi connectivity index (χ2v) is 33.1. The van der Waals surface area contributed by atoms with Crippen molar-refractivity contribution in [2.24, 2.45) is 23.2 Å². The third-order valence-electron chi connectivity index (χ3n) is 19.5. The maximum absolute atomic E-state index is 13.8. The average molecular weight is 1690 g/mol. The fraction of sp³-hybridized carbons (Fsp3) is 0.821. The standard InChI is InChI=1S/C84H147N5O27Si/c1-65(90)66(30-25-27-41-85-77(98)62-114-54-51-112-48-44-88-76(97)40-37-68(82(105)106)58-70(92)61-113-53-50-110-46-42-86-74(95)33-21-17-13-9-5-7-11-15-19-23-35-79(100)101)59-72(93)67(60-73(94)84(2,3)4)31-26-28-57-117-81(104)64-116-56-49-109-45-29-32-69(91)38-39-71(83(107)108)89-78(99)63-115-55-52-111-47-43-87-75(96)34-22-18-14-10-6-8-12-16-20-24-36-80(102)103/h66-68,71H,5-64,117H2,1-4H3,(H,85,98)(H,86,95)(H,87,96)(H,88,97)(H,89,99)(H,100,101)(H,102,103)(H,105,106)(H,107,108)/t66-,67-,68-,71?/m1/s1. The van der Waals surface area contributed by atoms with E-state index in [0.29, 0.717) is 83.5 Å². The SMILES string of the molecule is CC(=O)[C@H](CCCCNC(=O)COCCOCCNC(=O)CC[C@H](CC(=O)COCCOCCNC(=O)CCCCCCCCCCCCC(=O)O)C(=O)O)CC(=O)[C@H](CCCC[SiH2]C(=O)COCCOCCCC(=O)CCC(NC(=O)COCCOCCNC(=O)CCCCCCCCCCCCC(=O)O)C(=O)O)CC(=O)C(C)(C)C. The van der Waals surface area contributed by atoms with E-state index in [-0.39, 0.29) is 216 Å². The number of hydrogen-bond acceptors (Lipinski definition) is 23. The normalized spacial score (nSPS) is 12.5. The molecule has 0 aliphatic heterocycles. The van der Waals surface area contributed by atoms with Gasteiger partial charge < -0.3 is 89.7 Å². The minimum atomic E-state index is -1.28. The van der Waals surface area contributed by atoms with E-state index >= 15 is 0 Å². The van der Waals surface area contributed by atoms with Gasteiger partial charge in [0.05, 0.1) is 85.2 Å². The number of Topliss-reactive ketones (excluding diaryl/α,β-unsaturated/α-hetero) is 5. The second kappa shape index (κ2) is 75.4. The molecule has 0 saturated carbocycles. The number of carbonyl (C=O) groups excluding carboxylic acids is 11. The van der Waals surface area contributed by atoms with Crippen LogP contribution in [0.25, 0.3) is 0 Å². The molecule has 0 aromatic rings. The van der Waals surface area contributed by atoms with Crippen molar-refractivity contribution in [3.8, 4) is 0 Å². The number of carboxylic acids is 4. The number of carbonyl (C=O) groups is 15. The third kappa shape index (κ3) is 72.9. The summed E-state index contributed by atoms with van der Waals surface area (Å²) in [6.07, 6.45) is 24.9. The van der Waals surface area contributed by atoms with Crippen molar-refractivity contribution in [1.82, 2.24) is 26.6 Å². The molecule has 32 nitrogen and oxygen atoms in total. The first-order valence-corrected chi connectivity index (χ1v) is 44.8. The summed E-state index contributed by atoms with van der Waals surface area (Å²) in [5, 5.41) is 50.1. The zero-order valence-electron chi connectivity index (χ0n) is 71.1. The van der Waals surface area contributed by atoms with E-state index in [2.05, 4.69) is 26.6 Å². The summed E-state index contributed by atoms with van der Waals surface area (Å²) in [6.45, 7) is 8.98. The molecule has 0 aliphatic carbocycles. The topological polar surface area (TPSA) is 471 Å². The van der Waals surface area contributed by atoms with Gasteiger partial charge in [-0.15, -0.1) is 0 Å². The molecule has 674 valence electrons. The van der Waals surface area contributed by atoms with Crippen LogP contribution in [0, 0.1) is 23.2 Å². The van der Waals surface area contributed by atoms with Gasteiger partial charge in [-0.3, -0.25) is 62.3 Å². The molecule has 4 atom stereocenters. The highest BCUT2D eigenvalue weighted by Crippen LogP contribution is 2.27. The first-order chi connectivity index (χ1) is 56.1. The number of unbranched alkanes of at least 4 members (excludes halogenated alkanes) is 20. The molecule has 9 N–H and O–H groups in total. The molecule has 0 rings (SSSR count). The summed E-state index contributed by atoms with van der Waals surface area (Å²) in [5.41, 5.74) is -0.667. The number of ether oxygens (including phenoxy) is 8. The van der Waals surface area contributed by atoms with E-state index in [1.54, 1.807) is 20.8 Å². The van der Waals surface area contributed by atoms with Crippen molar-refractivity contribution in [3.05, 3.63) is 0 Å². The van der Waals surface area contributed by atoms with Gasteiger partial charge in [0.25, 0.3) is 0 Å². The summed E-state index contributed by atoms with van der Waals surface area (Å²) in [5.74, 6) is -8.64. The lowest BCUT2D eigenvalue weighted by Crippen LogP contribution is -2.42. The van der Waals surface area contributed by atoms with Gasteiger partial charge in [0.2, 0.25) is 29.5 Å². The molecule has 0 aromatic heterocycles. The highest BCUT2D eigenvalue weighted by atomic mass is 28.2. The monoisotopic (exact) mass is 1690 g/mol. The summed E-state index contributed by atoms with van der Waals surface area (Å²) in [6, 6.07) is -0.594. The largest absolute Gasteiger partial charge is 0.481 e. The van der Waals surface area contributed by atoms with Crippen LogP contribution >= 0.6 is 0 Å². The molecular formula is C84H147N5O27Si. The average Bonchev–Trinajstić information content (AvgIpc) is 0.865. The third-order valence-corrected chi connectivity index (χ3v) is 21.1. The first kappa shape index (κ1) is 110. The smallest absolute Gasteiger partial charge is 0.326 e. The van der Waals surface area contributed by atoms with Gasteiger partial charge in [0, 0.05) is 114 Å². The van der Waals surface area contributed by atoms with Crippen molar-refractivity contribution >= 4 is 97.3 Å². The predicted molar refractivity (Wildman–Crippen MR) is 440 cm³/mol. The number of amides is 5. The number of aliphatic carboxylic acids is 4. The highest BCUT2D eigenvalue weighted by Gasteiger charge is 2.31. The Morgan fingerprint density at radius 3 is 1.19 bits per heavy atom.